The first kappa shape index (κ1) is 22.2. The van der Waals surface area contributed by atoms with Gasteiger partial charge in [-0.25, -0.2) is 0 Å². The number of halogens is 2. The summed E-state index contributed by atoms with van der Waals surface area (Å²) in [7, 11) is 0. The maximum Gasteiger partial charge on any atom is 0.239 e. The topological polar surface area (TPSA) is 49.6 Å². The Bertz CT molecular complexity index is 501. The van der Waals surface area contributed by atoms with Crippen molar-refractivity contribution in [2.24, 2.45) is 5.73 Å². The second kappa shape index (κ2) is 11.0. The van der Waals surface area contributed by atoms with Crippen LogP contribution in [0.25, 0.3) is 0 Å². The zero-order valence-electron chi connectivity index (χ0n) is 14.8. The van der Waals surface area contributed by atoms with E-state index in [0.717, 1.165) is 31.5 Å². The maximum atomic E-state index is 12.6. The fourth-order valence-corrected chi connectivity index (χ4v) is 3.92. The SMILES string of the molecule is Cl.Cl.NC(Cc1ccccc1)C(=O)N1CCC(N2CCCCC2)CC1. The van der Waals surface area contributed by atoms with Crippen molar-refractivity contribution >= 4 is 30.7 Å². The van der Waals surface area contributed by atoms with Crippen LogP contribution >= 0.6 is 24.8 Å². The van der Waals surface area contributed by atoms with Crippen molar-refractivity contribution in [3.05, 3.63) is 35.9 Å². The average molecular weight is 388 g/mol. The van der Waals surface area contributed by atoms with Gasteiger partial charge in [-0.3, -0.25) is 4.79 Å². The van der Waals surface area contributed by atoms with Crippen LogP contribution < -0.4 is 5.73 Å². The lowest BCUT2D eigenvalue weighted by atomic mass is 9.98. The van der Waals surface area contributed by atoms with Crippen LogP contribution in [0, 0.1) is 0 Å². The van der Waals surface area contributed by atoms with Gasteiger partial charge < -0.3 is 15.5 Å². The molecule has 0 saturated carbocycles. The van der Waals surface area contributed by atoms with Crippen LogP contribution in [-0.4, -0.2) is 54.0 Å². The molecule has 142 valence electrons. The van der Waals surface area contributed by atoms with Gasteiger partial charge in [0.1, 0.15) is 0 Å². The van der Waals surface area contributed by atoms with Gasteiger partial charge in [0.15, 0.2) is 0 Å². The van der Waals surface area contributed by atoms with E-state index < -0.39 is 6.04 Å². The van der Waals surface area contributed by atoms with Crippen LogP contribution in [0.5, 0.6) is 0 Å². The third-order valence-electron chi connectivity index (χ3n) is 5.30. The number of benzene rings is 1. The smallest absolute Gasteiger partial charge is 0.239 e. The highest BCUT2D eigenvalue weighted by Crippen LogP contribution is 2.21. The minimum Gasteiger partial charge on any atom is -0.341 e. The summed E-state index contributed by atoms with van der Waals surface area (Å²) < 4.78 is 0. The van der Waals surface area contributed by atoms with E-state index in [-0.39, 0.29) is 30.7 Å². The average Bonchev–Trinajstić information content (AvgIpc) is 2.63. The predicted molar refractivity (Wildman–Crippen MR) is 108 cm³/mol. The van der Waals surface area contributed by atoms with E-state index in [0.29, 0.717) is 12.5 Å². The van der Waals surface area contributed by atoms with Gasteiger partial charge in [0.2, 0.25) is 5.91 Å². The first-order chi connectivity index (χ1) is 11.2. The number of likely N-dealkylation sites (tertiary alicyclic amines) is 2. The largest absolute Gasteiger partial charge is 0.341 e. The summed E-state index contributed by atoms with van der Waals surface area (Å²) in [6.07, 6.45) is 6.88. The molecule has 0 radical (unpaired) electrons. The van der Waals surface area contributed by atoms with E-state index in [1.54, 1.807) is 0 Å². The Kier molecular flexibility index (Phi) is 9.80. The summed E-state index contributed by atoms with van der Waals surface area (Å²) >= 11 is 0. The number of rotatable bonds is 4. The molecular weight excluding hydrogens is 357 g/mol. The summed E-state index contributed by atoms with van der Waals surface area (Å²) in [6, 6.07) is 10.3. The van der Waals surface area contributed by atoms with Gasteiger partial charge >= 0.3 is 0 Å². The zero-order chi connectivity index (χ0) is 16.1. The Labute approximate surface area is 163 Å². The normalized spacial score (nSPS) is 20.3. The fourth-order valence-electron chi connectivity index (χ4n) is 3.92. The highest BCUT2D eigenvalue weighted by molar-refractivity contribution is 5.85. The minimum absolute atomic E-state index is 0. The molecule has 2 N–H and O–H groups in total. The minimum atomic E-state index is -0.413. The molecule has 25 heavy (non-hydrogen) atoms. The van der Waals surface area contributed by atoms with Crippen molar-refractivity contribution in [1.82, 2.24) is 9.80 Å². The molecule has 2 aliphatic heterocycles. The Morgan fingerprint density at radius 2 is 1.60 bits per heavy atom. The molecule has 2 aliphatic rings. The van der Waals surface area contributed by atoms with Gasteiger partial charge in [0.05, 0.1) is 6.04 Å². The molecule has 6 heteroatoms. The van der Waals surface area contributed by atoms with Gasteiger partial charge in [-0.05, 0) is 50.8 Å². The van der Waals surface area contributed by atoms with Crippen LogP contribution in [0.15, 0.2) is 30.3 Å². The van der Waals surface area contributed by atoms with Crippen molar-refractivity contribution in [3.63, 3.8) is 0 Å². The van der Waals surface area contributed by atoms with Gasteiger partial charge in [0.25, 0.3) is 0 Å². The molecular formula is C19H31Cl2N3O. The molecule has 0 bridgehead atoms. The number of piperidine rings is 2. The van der Waals surface area contributed by atoms with E-state index in [4.69, 9.17) is 5.73 Å². The number of nitrogens with zero attached hydrogens (tertiary/aromatic N) is 2. The first-order valence-electron chi connectivity index (χ1n) is 9.06. The molecule has 2 fully saturated rings. The maximum absolute atomic E-state index is 12.6. The van der Waals surface area contributed by atoms with E-state index >= 15 is 0 Å². The number of carbonyl (C=O) groups is 1. The lowest BCUT2D eigenvalue weighted by Gasteiger charge is -2.40. The number of nitrogens with two attached hydrogens (primary N) is 1. The summed E-state index contributed by atoms with van der Waals surface area (Å²) in [5.41, 5.74) is 7.29. The van der Waals surface area contributed by atoms with Gasteiger partial charge in [-0.2, -0.15) is 0 Å². The van der Waals surface area contributed by atoms with Gasteiger partial charge in [0, 0.05) is 19.1 Å². The van der Waals surface area contributed by atoms with E-state index in [1.807, 2.05) is 35.2 Å². The quantitative estimate of drug-likeness (QED) is 0.863. The van der Waals surface area contributed by atoms with E-state index in [1.165, 1.54) is 32.4 Å². The van der Waals surface area contributed by atoms with E-state index in [9.17, 15) is 4.79 Å². The van der Waals surface area contributed by atoms with Crippen LogP contribution in [0.1, 0.15) is 37.7 Å². The first-order valence-corrected chi connectivity index (χ1v) is 9.06. The third kappa shape index (κ3) is 6.14. The Morgan fingerprint density at radius 1 is 1.00 bits per heavy atom. The standard InChI is InChI=1S/C19H29N3O.2ClH/c20-18(15-16-7-3-1-4-8-16)19(23)22-13-9-17(10-14-22)21-11-5-2-6-12-21;;/h1,3-4,7-8,17-18H,2,5-6,9-15,20H2;2*1H. The molecule has 1 atom stereocenters. The molecule has 4 nitrogen and oxygen atoms in total. The molecule has 2 heterocycles. The molecule has 0 spiro atoms. The lowest BCUT2D eigenvalue weighted by Crippen LogP contribution is -2.52. The van der Waals surface area contributed by atoms with E-state index in [2.05, 4.69) is 4.90 Å². The summed E-state index contributed by atoms with van der Waals surface area (Å²) in [5.74, 6) is 0.117. The summed E-state index contributed by atoms with van der Waals surface area (Å²) in [6.45, 7) is 4.21. The second-order valence-electron chi connectivity index (χ2n) is 6.95. The Balaban J connectivity index is 0.00000156. The molecule has 0 aliphatic carbocycles. The van der Waals surface area contributed by atoms with Crippen molar-refractivity contribution in [3.8, 4) is 0 Å². The second-order valence-corrected chi connectivity index (χ2v) is 6.95. The highest BCUT2D eigenvalue weighted by Gasteiger charge is 2.29. The molecule has 2 saturated heterocycles. The molecule has 3 rings (SSSR count). The van der Waals surface area contributed by atoms with Gasteiger partial charge in [-0.1, -0.05) is 36.8 Å². The predicted octanol–water partition coefficient (Wildman–Crippen LogP) is 2.88. The molecule has 1 aromatic rings. The third-order valence-corrected chi connectivity index (χ3v) is 5.30. The van der Waals surface area contributed by atoms with Gasteiger partial charge in [-0.15, -0.1) is 24.8 Å². The van der Waals surface area contributed by atoms with Crippen molar-refractivity contribution in [2.45, 2.75) is 50.6 Å². The highest BCUT2D eigenvalue weighted by atomic mass is 35.5. The Morgan fingerprint density at radius 3 is 2.20 bits per heavy atom. The fraction of sp³-hybridized carbons (Fsp3) is 0.632. The molecule has 1 aromatic carbocycles. The monoisotopic (exact) mass is 387 g/mol. The van der Waals surface area contributed by atoms with Crippen molar-refractivity contribution in [2.75, 3.05) is 26.2 Å². The number of carbonyl (C=O) groups excluding carboxylic acids is 1. The van der Waals surface area contributed by atoms with Crippen molar-refractivity contribution in [1.29, 1.82) is 0 Å². The number of hydrogen-bond donors (Lipinski definition) is 1. The number of hydrogen-bond acceptors (Lipinski definition) is 3. The van der Waals surface area contributed by atoms with Crippen LogP contribution in [0.4, 0.5) is 0 Å². The van der Waals surface area contributed by atoms with Crippen LogP contribution in [0.3, 0.4) is 0 Å². The molecule has 1 unspecified atom stereocenters. The Hall–Kier alpha value is -0.810. The molecule has 0 aromatic heterocycles. The number of amides is 1. The zero-order valence-corrected chi connectivity index (χ0v) is 16.4. The summed E-state index contributed by atoms with van der Waals surface area (Å²) in [5, 5.41) is 0. The lowest BCUT2D eigenvalue weighted by molar-refractivity contribution is -0.134. The molecule has 1 amide bonds. The summed E-state index contributed by atoms with van der Waals surface area (Å²) in [4.78, 5) is 17.2. The van der Waals surface area contributed by atoms with Crippen LogP contribution in [0.2, 0.25) is 0 Å². The van der Waals surface area contributed by atoms with Crippen LogP contribution in [-0.2, 0) is 11.2 Å². The van der Waals surface area contributed by atoms with Crippen molar-refractivity contribution < 1.29 is 4.79 Å².